The van der Waals surface area contributed by atoms with E-state index in [9.17, 15) is 4.79 Å². The number of nitrogens with zero attached hydrogens (tertiary/aromatic N) is 4. The number of carbonyl (C=O) groups is 1. The Morgan fingerprint density at radius 1 is 1.00 bits per heavy atom. The molecule has 5 aromatic rings. The number of H-pyrrole nitrogens is 1. The summed E-state index contributed by atoms with van der Waals surface area (Å²) >= 11 is 0. The van der Waals surface area contributed by atoms with Crippen molar-refractivity contribution in [3.05, 3.63) is 66.9 Å². The Morgan fingerprint density at radius 3 is 2.62 bits per heavy atom. The van der Waals surface area contributed by atoms with E-state index in [1.54, 1.807) is 7.11 Å². The third-order valence-electron chi connectivity index (χ3n) is 7.84. The standard InChI is InChI=1S/C30H29N5O2/c1-37-25-9-11-27-28(15-25)35(18-19-12-13-34(17-19)30(36)22-6-7-22)29(32-27)21-4-2-20(3-5-21)23-8-10-26-24(14-23)16-31-33-26/h2-5,8-11,14-16,19,22H,6-7,12-13,17-18H2,1H3,(H,31,33)/t19-/m0/s1. The van der Waals surface area contributed by atoms with Crippen molar-refractivity contribution < 1.29 is 9.53 Å². The zero-order valence-electron chi connectivity index (χ0n) is 20.9. The fourth-order valence-corrected chi connectivity index (χ4v) is 5.60. The summed E-state index contributed by atoms with van der Waals surface area (Å²) in [5.41, 5.74) is 6.44. The number of imidazole rings is 1. The van der Waals surface area contributed by atoms with Crippen LogP contribution in [0, 0.1) is 11.8 Å². The first-order valence-electron chi connectivity index (χ1n) is 13.0. The summed E-state index contributed by atoms with van der Waals surface area (Å²) in [7, 11) is 1.70. The summed E-state index contributed by atoms with van der Waals surface area (Å²) < 4.78 is 7.85. The smallest absolute Gasteiger partial charge is 0.225 e. The molecule has 7 rings (SSSR count). The second kappa shape index (κ2) is 8.76. The van der Waals surface area contributed by atoms with Gasteiger partial charge in [-0.15, -0.1) is 0 Å². The zero-order valence-corrected chi connectivity index (χ0v) is 20.9. The number of hydrogen-bond donors (Lipinski definition) is 1. The molecule has 1 aliphatic heterocycles. The maximum atomic E-state index is 12.6. The highest BCUT2D eigenvalue weighted by molar-refractivity contribution is 5.85. The quantitative estimate of drug-likeness (QED) is 0.340. The number of aromatic amines is 1. The molecule has 2 fully saturated rings. The molecule has 2 aromatic heterocycles. The third kappa shape index (κ3) is 4.04. The van der Waals surface area contributed by atoms with Crippen LogP contribution in [-0.2, 0) is 11.3 Å². The van der Waals surface area contributed by atoms with Gasteiger partial charge in [-0.2, -0.15) is 5.10 Å². The van der Waals surface area contributed by atoms with Crippen molar-refractivity contribution in [3.63, 3.8) is 0 Å². The number of aromatic nitrogens is 4. The van der Waals surface area contributed by atoms with Gasteiger partial charge in [0.2, 0.25) is 5.91 Å². The van der Waals surface area contributed by atoms with Crippen molar-refractivity contribution in [2.24, 2.45) is 11.8 Å². The second-order valence-corrected chi connectivity index (χ2v) is 10.4. The molecule has 3 aromatic carbocycles. The maximum Gasteiger partial charge on any atom is 0.225 e. The van der Waals surface area contributed by atoms with Crippen LogP contribution in [0.2, 0.25) is 0 Å². The number of benzene rings is 3. The van der Waals surface area contributed by atoms with E-state index in [2.05, 4.69) is 68.2 Å². The number of hydrogen-bond acceptors (Lipinski definition) is 4. The molecule has 186 valence electrons. The molecule has 1 atom stereocenters. The van der Waals surface area contributed by atoms with Gasteiger partial charge >= 0.3 is 0 Å². The summed E-state index contributed by atoms with van der Waals surface area (Å²) in [5.74, 6) is 2.81. The number of carbonyl (C=O) groups excluding carboxylic acids is 1. The van der Waals surface area contributed by atoms with E-state index in [1.807, 2.05) is 18.3 Å². The minimum atomic E-state index is 0.278. The monoisotopic (exact) mass is 491 g/mol. The van der Waals surface area contributed by atoms with Crippen LogP contribution >= 0.6 is 0 Å². The molecule has 0 unspecified atom stereocenters. The van der Waals surface area contributed by atoms with Gasteiger partial charge < -0.3 is 14.2 Å². The SMILES string of the molecule is COc1ccc2nc(-c3ccc(-c4ccc5[nH]ncc5c4)cc3)n(C[C@H]3CCN(C(=O)C4CC4)C3)c2c1. The molecule has 1 amide bonds. The number of rotatable bonds is 6. The highest BCUT2D eigenvalue weighted by Gasteiger charge is 2.36. The lowest BCUT2D eigenvalue weighted by Crippen LogP contribution is -2.30. The van der Waals surface area contributed by atoms with Gasteiger partial charge in [-0.05, 0) is 60.6 Å². The number of amides is 1. The van der Waals surface area contributed by atoms with Gasteiger partial charge in [-0.25, -0.2) is 4.98 Å². The molecule has 1 saturated carbocycles. The lowest BCUT2D eigenvalue weighted by Gasteiger charge is -2.18. The van der Waals surface area contributed by atoms with Crippen molar-refractivity contribution in [2.45, 2.75) is 25.8 Å². The molecule has 0 bridgehead atoms. The molecule has 1 N–H and O–H groups in total. The maximum absolute atomic E-state index is 12.6. The van der Waals surface area contributed by atoms with E-state index in [0.29, 0.717) is 11.8 Å². The summed E-state index contributed by atoms with van der Waals surface area (Å²) in [5, 5.41) is 8.24. The number of methoxy groups -OCH3 is 1. The van der Waals surface area contributed by atoms with Gasteiger partial charge in [0.1, 0.15) is 11.6 Å². The number of fused-ring (bicyclic) bond motifs is 2. The van der Waals surface area contributed by atoms with Crippen molar-refractivity contribution in [2.75, 3.05) is 20.2 Å². The molecular formula is C30H29N5O2. The highest BCUT2D eigenvalue weighted by atomic mass is 16.5. The van der Waals surface area contributed by atoms with Crippen molar-refractivity contribution in [1.82, 2.24) is 24.6 Å². The Labute approximate surface area is 215 Å². The van der Waals surface area contributed by atoms with Gasteiger partial charge in [-0.1, -0.05) is 30.3 Å². The fraction of sp³-hybridized carbons (Fsp3) is 0.300. The normalized spacial score (nSPS) is 17.6. The average Bonchev–Trinajstić information content (AvgIpc) is 3.33. The number of nitrogens with one attached hydrogen (secondary N) is 1. The van der Waals surface area contributed by atoms with E-state index in [-0.39, 0.29) is 5.92 Å². The van der Waals surface area contributed by atoms with E-state index in [1.165, 1.54) is 0 Å². The van der Waals surface area contributed by atoms with Gasteiger partial charge in [-0.3, -0.25) is 9.89 Å². The van der Waals surface area contributed by atoms with Crippen LogP contribution in [0.25, 0.3) is 44.5 Å². The zero-order chi connectivity index (χ0) is 24.9. The third-order valence-corrected chi connectivity index (χ3v) is 7.84. The van der Waals surface area contributed by atoms with Crippen LogP contribution in [0.15, 0.2) is 66.9 Å². The molecule has 0 spiro atoms. The Morgan fingerprint density at radius 2 is 1.81 bits per heavy atom. The van der Waals surface area contributed by atoms with Crippen LogP contribution in [0.4, 0.5) is 0 Å². The van der Waals surface area contributed by atoms with Gasteiger partial charge in [0.05, 0.1) is 29.9 Å². The molecule has 0 radical (unpaired) electrons. The Hall–Kier alpha value is -4.13. The summed E-state index contributed by atoms with van der Waals surface area (Å²) in [6.45, 7) is 2.52. The lowest BCUT2D eigenvalue weighted by atomic mass is 10.0. The first kappa shape index (κ1) is 22.1. The molecule has 2 aliphatic rings. The van der Waals surface area contributed by atoms with E-state index in [4.69, 9.17) is 9.72 Å². The first-order chi connectivity index (χ1) is 18.2. The Balaban J connectivity index is 1.22. The Kier molecular flexibility index (Phi) is 5.23. The van der Waals surface area contributed by atoms with E-state index >= 15 is 0 Å². The summed E-state index contributed by atoms with van der Waals surface area (Å²) in [4.78, 5) is 19.8. The van der Waals surface area contributed by atoms with Crippen molar-refractivity contribution in [1.29, 1.82) is 0 Å². The van der Waals surface area contributed by atoms with Crippen LogP contribution in [0.5, 0.6) is 5.75 Å². The average molecular weight is 492 g/mol. The van der Waals surface area contributed by atoms with Gasteiger partial charge in [0.25, 0.3) is 0 Å². The van der Waals surface area contributed by atoms with Crippen molar-refractivity contribution in [3.8, 4) is 28.3 Å². The van der Waals surface area contributed by atoms with Crippen LogP contribution in [-0.4, -0.2) is 50.8 Å². The summed E-state index contributed by atoms with van der Waals surface area (Å²) in [6, 6.07) is 21.0. The van der Waals surface area contributed by atoms with Crippen LogP contribution < -0.4 is 4.74 Å². The number of likely N-dealkylation sites (tertiary alicyclic amines) is 1. The van der Waals surface area contributed by atoms with Crippen LogP contribution in [0.1, 0.15) is 19.3 Å². The molecule has 7 heteroatoms. The largest absolute Gasteiger partial charge is 0.497 e. The number of ether oxygens (including phenoxy) is 1. The predicted molar refractivity (Wildman–Crippen MR) is 144 cm³/mol. The molecule has 7 nitrogen and oxygen atoms in total. The van der Waals surface area contributed by atoms with Crippen molar-refractivity contribution >= 4 is 27.8 Å². The predicted octanol–water partition coefficient (Wildman–Crippen LogP) is 5.51. The van der Waals surface area contributed by atoms with Gasteiger partial charge in [0.15, 0.2) is 0 Å². The lowest BCUT2D eigenvalue weighted by molar-refractivity contribution is -0.131. The van der Waals surface area contributed by atoms with Crippen LogP contribution in [0.3, 0.4) is 0 Å². The molecule has 1 aliphatic carbocycles. The first-order valence-corrected chi connectivity index (χ1v) is 13.0. The summed E-state index contributed by atoms with van der Waals surface area (Å²) in [6.07, 6.45) is 4.99. The van der Waals surface area contributed by atoms with Gasteiger partial charge in [0, 0.05) is 42.6 Å². The molecule has 1 saturated heterocycles. The van der Waals surface area contributed by atoms with E-state index in [0.717, 1.165) is 89.1 Å². The Bertz CT molecular complexity index is 1610. The molecular weight excluding hydrogens is 462 g/mol. The highest BCUT2D eigenvalue weighted by Crippen LogP contribution is 2.35. The molecule has 3 heterocycles. The van der Waals surface area contributed by atoms with E-state index < -0.39 is 0 Å². The fourth-order valence-electron chi connectivity index (χ4n) is 5.60. The molecule has 37 heavy (non-hydrogen) atoms. The minimum absolute atomic E-state index is 0.278. The minimum Gasteiger partial charge on any atom is -0.497 e. The topological polar surface area (TPSA) is 76.0 Å². The second-order valence-electron chi connectivity index (χ2n) is 10.4.